The Bertz CT molecular complexity index is 160. The fraction of sp³-hybridized carbons (Fsp3) is 1.00. The number of rotatable bonds is 3. The first-order valence-corrected chi connectivity index (χ1v) is 5.01. The number of hydrogen-bond acceptors (Lipinski definition) is 1. The molecule has 2 unspecified atom stereocenters. The third-order valence-corrected chi connectivity index (χ3v) is 3.11. The van der Waals surface area contributed by atoms with Crippen molar-refractivity contribution in [2.45, 2.75) is 17.2 Å². The highest BCUT2D eigenvalue weighted by Gasteiger charge is 2.50. The van der Waals surface area contributed by atoms with E-state index in [-0.39, 0.29) is 11.7 Å². The maximum Gasteiger partial charge on any atom is 0.152 e. The van der Waals surface area contributed by atoms with Gasteiger partial charge < -0.3 is 4.55 Å². The summed E-state index contributed by atoms with van der Waals surface area (Å²) < 4.78 is 18.0. The summed E-state index contributed by atoms with van der Waals surface area (Å²) >= 11 is 9.65. The van der Waals surface area contributed by atoms with Gasteiger partial charge in [-0.3, -0.25) is 0 Å². The van der Waals surface area contributed by atoms with Crippen LogP contribution in [0.3, 0.4) is 0 Å². The van der Waals surface area contributed by atoms with Gasteiger partial charge in [0.05, 0.1) is 0 Å². The van der Waals surface area contributed by atoms with Crippen molar-refractivity contribution in [1.82, 2.24) is 0 Å². The van der Waals surface area contributed by atoms with E-state index in [4.69, 9.17) is 27.8 Å². The second-order valence-electron chi connectivity index (χ2n) is 2.48. The van der Waals surface area contributed by atoms with Gasteiger partial charge in [-0.25, -0.2) is 4.21 Å². The van der Waals surface area contributed by atoms with Crippen molar-refractivity contribution in [2.75, 3.05) is 5.75 Å². The van der Waals surface area contributed by atoms with E-state index >= 15 is 0 Å². The molecule has 1 saturated carbocycles. The summed E-state index contributed by atoms with van der Waals surface area (Å²) in [4.78, 5) is 0. The van der Waals surface area contributed by atoms with Crippen LogP contribution in [0.15, 0.2) is 0 Å². The zero-order valence-corrected chi connectivity index (χ0v) is 7.55. The smallest absolute Gasteiger partial charge is 0.152 e. The van der Waals surface area contributed by atoms with Crippen molar-refractivity contribution >= 4 is 34.3 Å². The molecule has 10 heavy (non-hydrogen) atoms. The molecule has 0 spiro atoms. The van der Waals surface area contributed by atoms with Gasteiger partial charge in [-0.05, 0) is 18.8 Å². The Labute approximate surface area is 72.2 Å². The summed E-state index contributed by atoms with van der Waals surface area (Å²) in [7, 11) is 0. The summed E-state index contributed by atoms with van der Waals surface area (Å²) in [5.74, 6) is 0.512. The Hall–Kier alpha value is 0.690. The lowest BCUT2D eigenvalue weighted by atomic mass is 10.3. The first kappa shape index (κ1) is 8.78. The Morgan fingerprint density at radius 3 is 2.50 bits per heavy atom. The van der Waals surface area contributed by atoms with Crippen molar-refractivity contribution < 1.29 is 8.76 Å². The van der Waals surface area contributed by atoms with Gasteiger partial charge >= 0.3 is 0 Å². The van der Waals surface area contributed by atoms with Crippen molar-refractivity contribution in [2.24, 2.45) is 5.92 Å². The van der Waals surface area contributed by atoms with Crippen molar-refractivity contribution in [3.63, 3.8) is 0 Å². The SMILES string of the molecule is O=S(O)CCC1CC1(Cl)Cl. The third kappa shape index (κ3) is 2.38. The molecule has 0 amide bonds. The Morgan fingerprint density at radius 1 is 1.70 bits per heavy atom. The van der Waals surface area contributed by atoms with Crippen LogP contribution >= 0.6 is 23.2 Å². The standard InChI is InChI=1S/C5H8Cl2O2S/c6-5(7)3-4(5)1-2-10(8)9/h4H,1-3H2,(H,8,9). The molecule has 0 aromatic rings. The first-order chi connectivity index (χ1) is 4.52. The molecule has 0 saturated heterocycles. The summed E-state index contributed by atoms with van der Waals surface area (Å²) in [6.45, 7) is 0. The minimum Gasteiger partial charge on any atom is -0.306 e. The minimum atomic E-state index is -1.70. The molecule has 0 radical (unpaired) electrons. The largest absolute Gasteiger partial charge is 0.306 e. The van der Waals surface area contributed by atoms with E-state index in [9.17, 15) is 4.21 Å². The molecular weight excluding hydrogens is 195 g/mol. The highest BCUT2D eigenvalue weighted by Crippen LogP contribution is 2.54. The molecule has 1 rings (SSSR count). The van der Waals surface area contributed by atoms with E-state index < -0.39 is 15.4 Å². The molecule has 0 aliphatic heterocycles. The van der Waals surface area contributed by atoms with Crippen LogP contribution in [-0.4, -0.2) is 18.8 Å². The predicted molar refractivity (Wildman–Crippen MR) is 42.8 cm³/mol. The van der Waals surface area contributed by atoms with Gasteiger partial charge in [0.2, 0.25) is 0 Å². The summed E-state index contributed by atoms with van der Waals surface area (Å²) in [6.07, 6.45) is 1.41. The number of hydrogen-bond donors (Lipinski definition) is 1. The van der Waals surface area contributed by atoms with Crippen LogP contribution in [0.1, 0.15) is 12.8 Å². The lowest BCUT2D eigenvalue weighted by molar-refractivity contribution is 0.559. The molecule has 1 N–H and O–H groups in total. The van der Waals surface area contributed by atoms with E-state index in [2.05, 4.69) is 0 Å². The van der Waals surface area contributed by atoms with Crippen molar-refractivity contribution in [3.8, 4) is 0 Å². The quantitative estimate of drug-likeness (QED) is 0.560. The third-order valence-electron chi connectivity index (χ3n) is 1.60. The first-order valence-electron chi connectivity index (χ1n) is 2.97. The predicted octanol–water partition coefficient (Wildman–Crippen LogP) is 1.79. The van der Waals surface area contributed by atoms with Gasteiger partial charge in [-0.2, -0.15) is 0 Å². The molecule has 2 nitrogen and oxygen atoms in total. The summed E-state index contributed by atoms with van der Waals surface area (Å²) in [5.41, 5.74) is 0. The molecule has 5 heteroatoms. The highest BCUT2D eigenvalue weighted by molar-refractivity contribution is 7.79. The molecule has 0 aromatic carbocycles. The van der Waals surface area contributed by atoms with Crippen molar-refractivity contribution in [1.29, 1.82) is 0 Å². The van der Waals surface area contributed by atoms with Gasteiger partial charge in [0.25, 0.3) is 0 Å². The van der Waals surface area contributed by atoms with E-state index in [0.29, 0.717) is 6.42 Å². The average molecular weight is 203 g/mol. The Balaban J connectivity index is 2.13. The van der Waals surface area contributed by atoms with Gasteiger partial charge in [-0.15, -0.1) is 23.2 Å². The number of alkyl halides is 2. The monoisotopic (exact) mass is 202 g/mol. The molecular formula is C5H8Cl2O2S. The molecule has 2 atom stereocenters. The molecule has 0 bridgehead atoms. The normalized spacial score (nSPS) is 31.7. The molecule has 0 heterocycles. The average Bonchev–Trinajstić information content (AvgIpc) is 2.35. The summed E-state index contributed by atoms with van der Waals surface area (Å²) in [5, 5.41) is 0. The zero-order valence-electron chi connectivity index (χ0n) is 5.22. The van der Waals surface area contributed by atoms with Gasteiger partial charge in [0, 0.05) is 5.75 Å². The van der Waals surface area contributed by atoms with Crippen LogP contribution in [0.4, 0.5) is 0 Å². The van der Waals surface area contributed by atoms with Gasteiger partial charge in [0.1, 0.15) is 4.33 Å². The van der Waals surface area contributed by atoms with E-state index in [1.165, 1.54) is 0 Å². The van der Waals surface area contributed by atoms with Crippen LogP contribution in [-0.2, 0) is 11.1 Å². The van der Waals surface area contributed by atoms with Crippen molar-refractivity contribution in [3.05, 3.63) is 0 Å². The van der Waals surface area contributed by atoms with Gasteiger partial charge in [-0.1, -0.05) is 0 Å². The highest BCUT2D eigenvalue weighted by atomic mass is 35.5. The maximum absolute atomic E-state index is 10.2. The minimum absolute atomic E-state index is 0.229. The van der Waals surface area contributed by atoms with Crippen LogP contribution in [0.5, 0.6) is 0 Å². The van der Waals surface area contributed by atoms with Crippen LogP contribution in [0.25, 0.3) is 0 Å². The lowest BCUT2D eigenvalue weighted by Crippen LogP contribution is -1.99. The fourth-order valence-electron chi connectivity index (χ4n) is 0.826. The fourth-order valence-corrected chi connectivity index (χ4v) is 1.90. The molecule has 1 aliphatic rings. The maximum atomic E-state index is 10.2. The second-order valence-corrected chi connectivity index (χ2v) is 5.07. The van der Waals surface area contributed by atoms with Gasteiger partial charge in [0.15, 0.2) is 11.1 Å². The second kappa shape index (κ2) is 2.97. The van der Waals surface area contributed by atoms with Crippen LogP contribution < -0.4 is 0 Å². The van der Waals surface area contributed by atoms with E-state index in [0.717, 1.165) is 6.42 Å². The molecule has 0 aromatic heterocycles. The van der Waals surface area contributed by atoms with E-state index in [1.54, 1.807) is 0 Å². The van der Waals surface area contributed by atoms with Crippen LogP contribution in [0, 0.1) is 5.92 Å². The Kier molecular flexibility index (Phi) is 2.61. The Morgan fingerprint density at radius 2 is 2.20 bits per heavy atom. The molecule has 1 fully saturated rings. The molecule has 1 aliphatic carbocycles. The zero-order chi connectivity index (χ0) is 7.78. The molecule has 60 valence electrons. The lowest BCUT2D eigenvalue weighted by Gasteiger charge is -1.95. The topological polar surface area (TPSA) is 37.3 Å². The number of halogens is 2. The van der Waals surface area contributed by atoms with Crippen LogP contribution in [0.2, 0.25) is 0 Å². The van der Waals surface area contributed by atoms with E-state index in [1.807, 2.05) is 0 Å². The summed E-state index contributed by atoms with van der Waals surface area (Å²) in [6, 6.07) is 0.